The molecular formula is C24H26N2O3S2. The van der Waals surface area contributed by atoms with Crippen LogP contribution in [0.4, 0.5) is 5.69 Å². The van der Waals surface area contributed by atoms with E-state index < -0.39 is 10.0 Å². The zero-order valence-electron chi connectivity index (χ0n) is 17.6. The van der Waals surface area contributed by atoms with Gasteiger partial charge in [-0.15, -0.1) is 0 Å². The van der Waals surface area contributed by atoms with E-state index in [9.17, 15) is 13.2 Å². The van der Waals surface area contributed by atoms with E-state index in [-0.39, 0.29) is 10.8 Å². The fraction of sp³-hybridized carbons (Fsp3) is 0.208. The predicted octanol–water partition coefficient (Wildman–Crippen LogP) is 4.77. The second-order valence-electron chi connectivity index (χ2n) is 7.25. The molecule has 162 valence electrons. The Morgan fingerprint density at radius 2 is 1.71 bits per heavy atom. The van der Waals surface area contributed by atoms with Gasteiger partial charge in [-0.1, -0.05) is 48.5 Å². The number of sulfonamides is 1. The topological polar surface area (TPSA) is 75.3 Å². The first-order valence-corrected chi connectivity index (χ1v) is 12.6. The highest BCUT2D eigenvalue weighted by atomic mass is 32.2. The number of benzene rings is 3. The second kappa shape index (κ2) is 10.5. The molecule has 0 aliphatic carbocycles. The Bertz CT molecular complexity index is 1150. The number of nitrogens with one attached hydrogen (secondary N) is 2. The molecule has 3 rings (SSSR count). The average molecular weight is 455 g/mol. The largest absolute Gasteiger partial charge is 0.351 e. The molecule has 7 heteroatoms. The SMILES string of the molecule is Cc1cccc(NS(=O)(=O)c2cc(C(=O)NCCSCc3ccccc3)ccc2C)c1. The number of amides is 1. The van der Waals surface area contributed by atoms with Crippen LogP contribution in [0.5, 0.6) is 0 Å². The van der Waals surface area contributed by atoms with Crippen molar-refractivity contribution in [3.05, 3.63) is 95.1 Å². The van der Waals surface area contributed by atoms with Gasteiger partial charge in [0.2, 0.25) is 0 Å². The predicted molar refractivity (Wildman–Crippen MR) is 128 cm³/mol. The van der Waals surface area contributed by atoms with Crippen molar-refractivity contribution >= 4 is 33.4 Å². The van der Waals surface area contributed by atoms with Crippen LogP contribution in [0.1, 0.15) is 27.0 Å². The van der Waals surface area contributed by atoms with E-state index >= 15 is 0 Å². The quantitative estimate of drug-likeness (QED) is 0.457. The summed E-state index contributed by atoms with van der Waals surface area (Å²) in [5.41, 5.74) is 3.59. The van der Waals surface area contributed by atoms with Crippen molar-refractivity contribution in [2.45, 2.75) is 24.5 Å². The Balaban J connectivity index is 1.61. The van der Waals surface area contributed by atoms with Gasteiger partial charge in [-0.3, -0.25) is 9.52 Å². The fourth-order valence-electron chi connectivity index (χ4n) is 3.05. The lowest BCUT2D eigenvalue weighted by Crippen LogP contribution is -2.26. The maximum absolute atomic E-state index is 12.9. The normalized spacial score (nSPS) is 11.2. The molecule has 3 aromatic rings. The lowest BCUT2D eigenvalue weighted by atomic mass is 10.1. The zero-order valence-corrected chi connectivity index (χ0v) is 19.2. The van der Waals surface area contributed by atoms with Gasteiger partial charge < -0.3 is 5.32 Å². The summed E-state index contributed by atoms with van der Waals surface area (Å²) in [5.74, 6) is 1.37. The molecule has 1 amide bonds. The van der Waals surface area contributed by atoms with Crippen LogP contribution >= 0.6 is 11.8 Å². The molecule has 0 fully saturated rings. The van der Waals surface area contributed by atoms with E-state index in [1.807, 2.05) is 31.2 Å². The smallest absolute Gasteiger partial charge is 0.262 e. The van der Waals surface area contributed by atoms with Crippen molar-refractivity contribution < 1.29 is 13.2 Å². The summed E-state index contributed by atoms with van der Waals surface area (Å²) in [6.45, 7) is 4.12. The van der Waals surface area contributed by atoms with Crippen LogP contribution < -0.4 is 10.0 Å². The van der Waals surface area contributed by atoms with Crippen molar-refractivity contribution in [2.24, 2.45) is 0 Å². The highest BCUT2D eigenvalue weighted by molar-refractivity contribution is 7.98. The standard InChI is InChI=1S/C24H26N2O3S2/c1-18-7-6-10-22(15-18)26-31(28,29)23-16-21(12-11-19(23)2)24(27)25-13-14-30-17-20-8-4-3-5-9-20/h3-12,15-16,26H,13-14,17H2,1-2H3,(H,25,27). The maximum Gasteiger partial charge on any atom is 0.262 e. The summed E-state index contributed by atoms with van der Waals surface area (Å²) in [7, 11) is -3.81. The highest BCUT2D eigenvalue weighted by Crippen LogP contribution is 2.21. The molecule has 0 bridgehead atoms. The molecule has 0 aliphatic rings. The number of anilines is 1. The van der Waals surface area contributed by atoms with Crippen LogP contribution in [-0.2, 0) is 15.8 Å². The number of rotatable bonds is 9. The van der Waals surface area contributed by atoms with Crippen molar-refractivity contribution in [3.8, 4) is 0 Å². The first-order chi connectivity index (χ1) is 14.8. The monoisotopic (exact) mass is 454 g/mol. The van der Waals surface area contributed by atoms with Crippen molar-refractivity contribution in [2.75, 3.05) is 17.0 Å². The van der Waals surface area contributed by atoms with Gasteiger partial charge in [0.1, 0.15) is 0 Å². The van der Waals surface area contributed by atoms with E-state index in [0.29, 0.717) is 23.4 Å². The molecule has 0 unspecified atom stereocenters. The van der Waals surface area contributed by atoms with Gasteiger partial charge in [0.15, 0.2) is 0 Å². The maximum atomic E-state index is 12.9. The van der Waals surface area contributed by atoms with Gasteiger partial charge in [-0.25, -0.2) is 8.42 Å². The van der Waals surface area contributed by atoms with Gasteiger partial charge in [-0.05, 0) is 54.8 Å². The molecule has 0 spiro atoms. The Labute approximate surface area is 188 Å². The third kappa shape index (κ3) is 6.60. The molecule has 0 radical (unpaired) electrons. The third-order valence-electron chi connectivity index (χ3n) is 4.65. The van der Waals surface area contributed by atoms with Gasteiger partial charge in [0, 0.05) is 29.3 Å². The zero-order chi connectivity index (χ0) is 22.3. The second-order valence-corrected chi connectivity index (χ2v) is 10.0. The minimum Gasteiger partial charge on any atom is -0.351 e. The van der Waals surface area contributed by atoms with Crippen molar-refractivity contribution in [1.82, 2.24) is 5.32 Å². The van der Waals surface area contributed by atoms with E-state index in [2.05, 4.69) is 22.2 Å². The first-order valence-electron chi connectivity index (χ1n) is 9.95. The molecule has 0 saturated heterocycles. The van der Waals surface area contributed by atoms with Gasteiger partial charge in [-0.2, -0.15) is 11.8 Å². The number of aryl methyl sites for hydroxylation is 2. The van der Waals surface area contributed by atoms with Crippen LogP contribution in [0.25, 0.3) is 0 Å². The Morgan fingerprint density at radius 1 is 0.935 bits per heavy atom. The van der Waals surface area contributed by atoms with E-state index in [4.69, 9.17) is 0 Å². The first kappa shape index (κ1) is 22.9. The lowest BCUT2D eigenvalue weighted by molar-refractivity contribution is 0.0956. The van der Waals surface area contributed by atoms with Gasteiger partial charge in [0.25, 0.3) is 15.9 Å². The molecule has 2 N–H and O–H groups in total. The number of hydrogen-bond donors (Lipinski definition) is 2. The molecule has 0 heterocycles. The molecule has 3 aromatic carbocycles. The number of carbonyl (C=O) groups excluding carboxylic acids is 1. The molecular weight excluding hydrogens is 428 g/mol. The molecule has 5 nitrogen and oxygen atoms in total. The van der Waals surface area contributed by atoms with E-state index in [0.717, 1.165) is 17.1 Å². The summed E-state index contributed by atoms with van der Waals surface area (Å²) in [6, 6.07) is 22.0. The Morgan fingerprint density at radius 3 is 2.45 bits per heavy atom. The van der Waals surface area contributed by atoms with Crippen molar-refractivity contribution in [1.29, 1.82) is 0 Å². The molecule has 31 heavy (non-hydrogen) atoms. The van der Waals surface area contributed by atoms with Crippen LogP contribution in [0.2, 0.25) is 0 Å². The van der Waals surface area contributed by atoms with Crippen LogP contribution in [0, 0.1) is 13.8 Å². The Kier molecular flexibility index (Phi) is 7.76. The summed E-state index contributed by atoms with van der Waals surface area (Å²) in [4.78, 5) is 12.6. The third-order valence-corrected chi connectivity index (χ3v) is 7.21. The van der Waals surface area contributed by atoms with Gasteiger partial charge >= 0.3 is 0 Å². The van der Waals surface area contributed by atoms with E-state index in [1.165, 1.54) is 11.6 Å². The summed E-state index contributed by atoms with van der Waals surface area (Å²) in [5, 5.41) is 2.87. The molecule has 0 aromatic heterocycles. The minimum absolute atomic E-state index is 0.0973. The molecule has 0 atom stereocenters. The van der Waals surface area contributed by atoms with Crippen LogP contribution in [-0.4, -0.2) is 26.6 Å². The lowest BCUT2D eigenvalue weighted by Gasteiger charge is -2.12. The fourth-order valence-corrected chi connectivity index (χ4v) is 5.19. The highest BCUT2D eigenvalue weighted by Gasteiger charge is 2.19. The van der Waals surface area contributed by atoms with Crippen LogP contribution in [0.3, 0.4) is 0 Å². The Hall–Kier alpha value is -2.77. The van der Waals surface area contributed by atoms with Gasteiger partial charge in [0.05, 0.1) is 4.90 Å². The van der Waals surface area contributed by atoms with Crippen molar-refractivity contribution in [3.63, 3.8) is 0 Å². The van der Waals surface area contributed by atoms with E-state index in [1.54, 1.807) is 49.0 Å². The summed E-state index contributed by atoms with van der Waals surface area (Å²) in [6.07, 6.45) is 0. The van der Waals surface area contributed by atoms with Crippen LogP contribution in [0.15, 0.2) is 77.7 Å². The molecule has 0 aliphatic heterocycles. The summed E-state index contributed by atoms with van der Waals surface area (Å²) >= 11 is 1.74. The summed E-state index contributed by atoms with van der Waals surface area (Å²) < 4.78 is 28.4. The number of hydrogen-bond acceptors (Lipinski definition) is 4. The number of carbonyl (C=O) groups is 1. The molecule has 0 saturated carbocycles. The number of thioether (sulfide) groups is 1. The minimum atomic E-state index is -3.81. The average Bonchev–Trinajstić information content (AvgIpc) is 2.74.